The minimum atomic E-state index is 0.170. The average Bonchev–Trinajstić information content (AvgIpc) is 2.92. The van der Waals surface area contributed by atoms with E-state index in [-0.39, 0.29) is 11.3 Å². The zero-order valence-electron chi connectivity index (χ0n) is 12.0. The van der Waals surface area contributed by atoms with E-state index < -0.39 is 0 Å². The van der Waals surface area contributed by atoms with Crippen LogP contribution in [0.15, 0.2) is 40.8 Å². The molecule has 1 aromatic carbocycles. The number of fused-ring (bicyclic) bond motifs is 1. The predicted octanol–water partition coefficient (Wildman–Crippen LogP) is 5.04. The molecule has 1 heteroatoms. The van der Waals surface area contributed by atoms with Crippen LogP contribution < -0.4 is 0 Å². The molecule has 3 rings (SSSR count). The lowest BCUT2D eigenvalue weighted by Gasteiger charge is -2.23. The number of rotatable bonds is 1. The van der Waals surface area contributed by atoms with Crippen molar-refractivity contribution >= 4 is 6.08 Å². The van der Waals surface area contributed by atoms with Gasteiger partial charge in [-0.25, -0.2) is 0 Å². The van der Waals surface area contributed by atoms with Crippen LogP contribution in [0, 0.1) is 6.92 Å². The van der Waals surface area contributed by atoms with Crippen molar-refractivity contribution in [3.05, 3.63) is 64.6 Å². The maximum Gasteiger partial charge on any atom is 0.115 e. The molecule has 0 bridgehead atoms. The fourth-order valence-corrected chi connectivity index (χ4v) is 2.86. The third-order valence-corrected chi connectivity index (χ3v) is 3.81. The van der Waals surface area contributed by atoms with Crippen molar-refractivity contribution in [2.75, 3.05) is 0 Å². The summed E-state index contributed by atoms with van der Waals surface area (Å²) in [4.78, 5) is 0. The van der Waals surface area contributed by atoms with Gasteiger partial charge in [-0.3, -0.25) is 0 Å². The van der Waals surface area contributed by atoms with Crippen molar-refractivity contribution in [3.8, 4) is 0 Å². The van der Waals surface area contributed by atoms with E-state index in [9.17, 15) is 0 Å². The summed E-state index contributed by atoms with van der Waals surface area (Å²) in [6.07, 6.45) is 4.50. The molecule has 0 amide bonds. The first-order chi connectivity index (χ1) is 8.97. The maximum atomic E-state index is 5.80. The fourth-order valence-electron chi connectivity index (χ4n) is 2.86. The van der Waals surface area contributed by atoms with Crippen LogP contribution in [0.3, 0.4) is 0 Å². The van der Waals surface area contributed by atoms with Crippen LogP contribution in [0.2, 0.25) is 0 Å². The summed E-state index contributed by atoms with van der Waals surface area (Å²) in [5.74, 6) is 2.29. The first-order valence-corrected chi connectivity index (χ1v) is 6.85. The Labute approximate surface area is 115 Å². The van der Waals surface area contributed by atoms with Crippen LogP contribution in [0.1, 0.15) is 54.9 Å². The molecule has 1 atom stereocenters. The van der Waals surface area contributed by atoms with E-state index in [0.717, 1.165) is 11.5 Å². The first-order valence-electron chi connectivity index (χ1n) is 6.85. The summed E-state index contributed by atoms with van der Waals surface area (Å²) in [7, 11) is 0. The monoisotopic (exact) mass is 252 g/mol. The standard InChI is InChI=1S/C18H20O/c1-12-8-11-17(19-12)15-10-9-14-13(15)6-5-7-16(14)18(2,3)4/h5-11,15H,1-4H3. The molecule has 0 aliphatic heterocycles. The van der Waals surface area contributed by atoms with E-state index in [1.54, 1.807) is 0 Å². The number of furan rings is 1. The Bertz CT molecular complexity index is 638. The molecular formula is C18H20O. The molecule has 1 aromatic heterocycles. The lowest BCUT2D eigenvalue weighted by molar-refractivity contribution is 0.481. The zero-order chi connectivity index (χ0) is 13.6. The van der Waals surface area contributed by atoms with E-state index in [1.807, 2.05) is 13.0 Å². The van der Waals surface area contributed by atoms with Crippen LogP contribution in [0.25, 0.3) is 6.08 Å². The minimum absolute atomic E-state index is 0.170. The van der Waals surface area contributed by atoms with Gasteiger partial charge in [0.05, 0.1) is 5.92 Å². The SMILES string of the molecule is Cc1ccc(C2C=Cc3c2cccc3C(C)(C)C)o1. The largest absolute Gasteiger partial charge is 0.465 e. The highest BCUT2D eigenvalue weighted by Crippen LogP contribution is 2.40. The highest BCUT2D eigenvalue weighted by atomic mass is 16.3. The first kappa shape index (κ1) is 12.3. The number of hydrogen-bond acceptors (Lipinski definition) is 1. The van der Waals surface area contributed by atoms with Crippen molar-refractivity contribution in [3.63, 3.8) is 0 Å². The van der Waals surface area contributed by atoms with Gasteiger partial charge in [-0.05, 0) is 41.2 Å². The van der Waals surface area contributed by atoms with Crippen molar-refractivity contribution < 1.29 is 4.42 Å². The van der Waals surface area contributed by atoms with Gasteiger partial charge in [-0.15, -0.1) is 0 Å². The second-order valence-corrected chi connectivity index (χ2v) is 6.34. The lowest BCUT2D eigenvalue weighted by Crippen LogP contribution is -2.13. The van der Waals surface area contributed by atoms with Crippen molar-refractivity contribution in [2.45, 2.75) is 39.0 Å². The molecule has 1 unspecified atom stereocenters. The highest BCUT2D eigenvalue weighted by molar-refractivity contribution is 5.68. The van der Waals surface area contributed by atoms with Crippen LogP contribution >= 0.6 is 0 Å². The smallest absolute Gasteiger partial charge is 0.115 e. The van der Waals surface area contributed by atoms with Gasteiger partial charge in [0.1, 0.15) is 11.5 Å². The van der Waals surface area contributed by atoms with Gasteiger partial charge in [-0.1, -0.05) is 51.1 Å². The normalized spacial score (nSPS) is 17.8. The Morgan fingerprint density at radius 1 is 1.05 bits per heavy atom. The Morgan fingerprint density at radius 3 is 2.47 bits per heavy atom. The zero-order valence-corrected chi connectivity index (χ0v) is 12.0. The number of allylic oxidation sites excluding steroid dienone is 1. The molecule has 1 aliphatic rings. The molecule has 0 spiro atoms. The molecule has 2 aromatic rings. The van der Waals surface area contributed by atoms with Crippen molar-refractivity contribution in [2.24, 2.45) is 0 Å². The van der Waals surface area contributed by atoms with Crippen LogP contribution in [0.4, 0.5) is 0 Å². The van der Waals surface area contributed by atoms with Gasteiger partial charge in [0.2, 0.25) is 0 Å². The molecule has 98 valence electrons. The van der Waals surface area contributed by atoms with E-state index in [2.05, 4.69) is 57.2 Å². The van der Waals surface area contributed by atoms with E-state index >= 15 is 0 Å². The lowest BCUT2D eigenvalue weighted by atomic mass is 9.82. The van der Waals surface area contributed by atoms with Gasteiger partial charge < -0.3 is 4.42 Å². The molecular weight excluding hydrogens is 232 g/mol. The molecule has 0 N–H and O–H groups in total. The van der Waals surface area contributed by atoms with Gasteiger partial charge in [0.25, 0.3) is 0 Å². The average molecular weight is 252 g/mol. The molecule has 1 aliphatic carbocycles. The second kappa shape index (κ2) is 4.12. The maximum absolute atomic E-state index is 5.80. The Hall–Kier alpha value is -1.76. The molecule has 1 nitrogen and oxygen atoms in total. The van der Waals surface area contributed by atoms with E-state index in [4.69, 9.17) is 4.42 Å². The number of hydrogen-bond donors (Lipinski definition) is 0. The Morgan fingerprint density at radius 2 is 1.84 bits per heavy atom. The predicted molar refractivity (Wildman–Crippen MR) is 79.5 cm³/mol. The van der Waals surface area contributed by atoms with Gasteiger partial charge in [0.15, 0.2) is 0 Å². The third-order valence-electron chi connectivity index (χ3n) is 3.81. The van der Waals surface area contributed by atoms with Crippen molar-refractivity contribution in [1.82, 2.24) is 0 Å². The molecule has 0 radical (unpaired) electrons. The van der Waals surface area contributed by atoms with Gasteiger partial charge in [-0.2, -0.15) is 0 Å². The summed E-state index contributed by atoms with van der Waals surface area (Å²) in [6, 6.07) is 10.7. The summed E-state index contributed by atoms with van der Waals surface area (Å²) in [5.41, 5.74) is 4.31. The number of benzene rings is 1. The highest BCUT2D eigenvalue weighted by Gasteiger charge is 2.26. The number of aryl methyl sites for hydroxylation is 1. The molecule has 19 heavy (non-hydrogen) atoms. The summed E-state index contributed by atoms with van der Waals surface area (Å²) < 4.78 is 5.80. The molecule has 1 heterocycles. The Kier molecular flexibility index (Phi) is 2.67. The van der Waals surface area contributed by atoms with E-state index in [1.165, 1.54) is 16.7 Å². The summed E-state index contributed by atoms with van der Waals surface area (Å²) >= 11 is 0. The summed E-state index contributed by atoms with van der Waals surface area (Å²) in [6.45, 7) is 8.79. The minimum Gasteiger partial charge on any atom is -0.465 e. The molecule has 0 saturated carbocycles. The topological polar surface area (TPSA) is 13.1 Å². The quantitative estimate of drug-likeness (QED) is 0.692. The molecule has 0 fully saturated rings. The summed E-state index contributed by atoms with van der Waals surface area (Å²) in [5, 5.41) is 0. The van der Waals surface area contributed by atoms with Gasteiger partial charge in [0, 0.05) is 0 Å². The Balaban J connectivity index is 2.10. The van der Waals surface area contributed by atoms with Crippen LogP contribution in [-0.2, 0) is 5.41 Å². The third kappa shape index (κ3) is 2.03. The van der Waals surface area contributed by atoms with E-state index in [0.29, 0.717) is 0 Å². The van der Waals surface area contributed by atoms with Crippen LogP contribution in [0.5, 0.6) is 0 Å². The second-order valence-electron chi connectivity index (χ2n) is 6.34. The molecule has 0 saturated heterocycles. The fraction of sp³-hybridized carbons (Fsp3) is 0.333. The van der Waals surface area contributed by atoms with Crippen molar-refractivity contribution in [1.29, 1.82) is 0 Å². The van der Waals surface area contributed by atoms with Crippen LogP contribution in [-0.4, -0.2) is 0 Å². The van der Waals surface area contributed by atoms with Gasteiger partial charge >= 0.3 is 0 Å².